The van der Waals surface area contributed by atoms with Crippen LogP contribution in [0.5, 0.6) is 0 Å². The van der Waals surface area contributed by atoms with E-state index in [0.29, 0.717) is 6.54 Å². The van der Waals surface area contributed by atoms with Gasteiger partial charge in [-0.05, 0) is 25.1 Å². The highest BCUT2D eigenvalue weighted by Gasteiger charge is 2.14. The fourth-order valence-corrected chi connectivity index (χ4v) is 1.20. The van der Waals surface area contributed by atoms with Gasteiger partial charge in [0.2, 0.25) is 5.91 Å². The Morgan fingerprint density at radius 1 is 1.22 bits per heavy atom. The summed E-state index contributed by atoms with van der Waals surface area (Å²) in [6.07, 6.45) is 0.854. The van der Waals surface area contributed by atoms with Crippen LogP contribution in [0, 0.1) is 17.5 Å². The largest absolute Gasteiger partial charge is 0.322 e. The molecule has 0 aliphatic carbocycles. The molecule has 0 atom stereocenters. The van der Waals surface area contributed by atoms with E-state index in [2.05, 4.69) is 10.6 Å². The van der Waals surface area contributed by atoms with E-state index in [4.69, 9.17) is 0 Å². The van der Waals surface area contributed by atoms with Gasteiger partial charge in [-0.1, -0.05) is 6.92 Å². The van der Waals surface area contributed by atoms with Gasteiger partial charge in [0.25, 0.3) is 0 Å². The minimum Gasteiger partial charge on any atom is -0.322 e. The molecule has 7 heteroatoms. The predicted octanol–water partition coefficient (Wildman–Crippen LogP) is 2.46. The van der Waals surface area contributed by atoms with Crippen molar-refractivity contribution >= 4 is 24.0 Å². The van der Waals surface area contributed by atoms with Gasteiger partial charge in [-0.25, -0.2) is 13.2 Å². The van der Waals surface area contributed by atoms with Crippen LogP contribution < -0.4 is 10.6 Å². The second kappa shape index (κ2) is 7.94. The molecule has 0 heterocycles. The zero-order chi connectivity index (χ0) is 12.8. The molecule has 1 amide bonds. The van der Waals surface area contributed by atoms with Gasteiger partial charge in [-0.3, -0.25) is 4.79 Å². The number of halogens is 4. The molecule has 0 aliphatic rings. The fourth-order valence-electron chi connectivity index (χ4n) is 1.20. The second-order valence-electron chi connectivity index (χ2n) is 3.45. The molecule has 1 aromatic rings. The van der Waals surface area contributed by atoms with Crippen molar-refractivity contribution in [1.29, 1.82) is 0 Å². The van der Waals surface area contributed by atoms with Crippen molar-refractivity contribution in [2.45, 2.75) is 13.3 Å². The maximum absolute atomic E-state index is 13.2. The monoisotopic (exact) mass is 282 g/mol. The van der Waals surface area contributed by atoms with Gasteiger partial charge < -0.3 is 10.6 Å². The molecule has 0 saturated carbocycles. The Morgan fingerprint density at radius 3 is 2.50 bits per heavy atom. The highest BCUT2D eigenvalue weighted by molar-refractivity contribution is 5.92. The standard InChI is InChI=1S/C11H13F3N2O.ClH/c1-2-5-15-6-9(17)16-8-4-3-7(12)10(13)11(8)14;/h3-4,15H,2,5-6H2,1H3,(H,16,17);1H. The molecule has 102 valence electrons. The van der Waals surface area contributed by atoms with E-state index in [0.717, 1.165) is 18.6 Å². The number of amides is 1. The summed E-state index contributed by atoms with van der Waals surface area (Å²) in [6, 6.07) is 1.74. The molecule has 0 saturated heterocycles. The lowest BCUT2D eigenvalue weighted by molar-refractivity contribution is -0.115. The van der Waals surface area contributed by atoms with E-state index in [9.17, 15) is 18.0 Å². The first kappa shape index (κ1) is 16.7. The van der Waals surface area contributed by atoms with E-state index < -0.39 is 23.4 Å². The van der Waals surface area contributed by atoms with Gasteiger partial charge in [-0.2, -0.15) is 0 Å². The van der Waals surface area contributed by atoms with Crippen molar-refractivity contribution in [2.24, 2.45) is 0 Å². The van der Waals surface area contributed by atoms with Gasteiger partial charge in [-0.15, -0.1) is 12.4 Å². The lowest BCUT2D eigenvalue weighted by Crippen LogP contribution is -2.28. The van der Waals surface area contributed by atoms with E-state index >= 15 is 0 Å². The summed E-state index contributed by atoms with van der Waals surface area (Å²) in [5.74, 6) is -4.79. The SMILES string of the molecule is CCCNCC(=O)Nc1ccc(F)c(F)c1F.Cl. The Kier molecular flexibility index (Phi) is 7.38. The minimum absolute atomic E-state index is 0. The fraction of sp³-hybridized carbons (Fsp3) is 0.364. The first-order valence-corrected chi connectivity index (χ1v) is 5.20. The number of nitrogens with one attached hydrogen (secondary N) is 2. The Hall–Kier alpha value is -1.27. The molecule has 2 N–H and O–H groups in total. The molecule has 0 bridgehead atoms. The number of carbonyl (C=O) groups is 1. The Morgan fingerprint density at radius 2 is 1.89 bits per heavy atom. The predicted molar refractivity (Wildman–Crippen MR) is 65.4 cm³/mol. The summed E-state index contributed by atoms with van der Waals surface area (Å²) in [7, 11) is 0. The maximum Gasteiger partial charge on any atom is 0.238 e. The van der Waals surface area contributed by atoms with E-state index in [1.165, 1.54) is 0 Å². The third-order valence-electron chi connectivity index (χ3n) is 2.02. The van der Waals surface area contributed by atoms with Crippen molar-refractivity contribution in [2.75, 3.05) is 18.4 Å². The average molecular weight is 283 g/mol. The van der Waals surface area contributed by atoms with Gasteiger partial charge in [0.1, 0.15) is 0 Å². The number of hydrogen-bond donors (Lipinski definition) is 2. The molecule has 1 aromatic carbocycles. The van der Waals surface area contributed by atoms with Crippen LogP contribution in [-0.2, 0) is 4.79 Å². The van der Waals surface area contributed by atoms with Crippen LogP contribution in [0.1, 0.15) is 13.3 Å². The molecule has 0 radical (unpaired) electrons. The first-order valence-electron chi connectivity index (χ1n) is 5.20. The summed E-state index contributed by atoms with van der Waals surface area (Å²) in [5, 5.41) is 4.95. The smallest absolute Gasteiger partial charge is 0.238 e. The molecule has 0 aliphatic heterocycles. The molecule has 3 nitrogen and oxygen atoms in total. The van der Waals surface area contributed by atoms with Crippen molar-refractivity contribution in [3.05, 3.63) is 29.6 Å². The Labute approximate surface area is 109 Å². The Balaban J connectivity index is 0.00000289. The molecule has 18 heavy (non-hydrogen) atoms. The molecular formula is C11H14ClF3N2O. The summed E-state index contributed by atoms with van der Waals surface area (Å²) in [4.78, 5) is 11.3. The number of anilines is 1. The van der Waals surface area contributed by atoms with Crippen LogP contribution in [0.3, 0.4) is 0 Å². The summed E-state index contributed by atoms with van der Waals surface area (Å²) < 4.78 is 38.6. The number of benzene rings is 1. The molecule has 0 spiro atoms. The van der Waals surface area contributed by atoms with Crippen molar-refractivity contribution in [1.82, 2.24) is 5.32 Å². The highest BCUT2D eigenvalue weighted by Crippen LogP contribution is 2.19. The number of rotatable bonds is 5. The number of hydrogen-bond acceptors (Lipinski definition) is 2. The third-order valence-corrected chi connectivity index (χ3v) is 2.02. The zero-order valence-corrected chi connectivity index (χ0v) is 10.5. The molecule has 0 unspecified atom stereocenters. The van der Waals surface area contributed by atoms with Crippen molar-refractivity contribution < 1.29 is 18.0 Å². The quantitative estimate of drug-likeness (QED) is 0.643. The molecular weight excluding hydrogens is 269 g/mol. The summed E-state index contributed by atoms with van der Waals surface area (Å²) >= 11 is 0. The van der Waals surface area contributed by atoms with Crippen LogP contribution in [0.4, 0.5) is 18.9 Å². The Bertz CT molecular complexity index is 416. The molecule has 0 fully saturated rings. The normalized spacial score (nSPS) is 9.78. The zero-order valence-electron chi connectivity index (χ0n) is 9.73. The molecule has 1 rings (SSSR count). The topological polar surface area (TPSA) is 41.1 Å². The van der Waals surface area contributed by atoms with Gasteiger partial charge >= 0.3 is 0 Å². The number of carbonyl (C=O) groups excluding carboxylic acids is 1. The van der Waals surface area contributed by atoms with Crippen LogP contribution in [0.25, 0.3) is 0 Å². The van der Waals surface area contributed by atoms with E-state index in [1.54, 1.807) is 0 Å². The second-order valence-corrected chi connectivity index (χ2v) is 3.45. The maximum atomic E-state index is 13.2. The summed E-state index contributed by atoms with van der Waals surface area (Å²) in [5.41, 5.74) is -0.368. The van der Waals surface area contributed by atoms with Crippen molar-refractivity contribution in [3.8, 4) is 0 Å². The van der Waals surface area contributed by atoms with Crippen LogP contribution in [-0.4, -0.2) is 19.0 Å². The van der Waals surface area contributed by atoms with Crippen LogP contribution >= 0.6 is 12.4 Å². The van der Waals surface area contributed by atoms with Crippen LogP contribution in [0.2, 0.25) is 0 Å². The average Bonchev–Trinajstić information content (AvgIpc) is 2.30. The highest BCUT2D eigenvalue weighted by atomic mass is 35.5. The minimum atomic E-state index is -1.59. The van der Waals surface area contributed by atoms with Gasteiger partial charge in [0.05, 0.1) is 12.2 Å². The first-order chi connectivity index (χ1) is 8.06. The lowest BCUT2D eigenvalue weighted by Gasteiger charge is -2.07. The summed E-state index contributed by atoms with van der Waals surface area (Å²) in [6.45, 7) is 2.57. The van der Waals surface area contributed by atoms with E-state index in [-0.39, 0.29) is 24.6 Å². The third kappa shape index (κ3) is 4.54. The van der Waals surface area contributed by atoms with Crippen LogP contribution in [0.15, 0.2) is 12.1 Å². The van der Waals surface area contributed by atoms with Gasteiger partial charge in [0, 0.05) is 0 Å². The van der Waals surface area contributed by atoms with Crippen molar-refractivity contribution in [3.63, 3.8) is 0 Å². The van der Waals surface area contributed by atoms with Gasteiger partial charge in [0.15, 0.2) is 17.5 Å². The lowest BCUT2D eigenvalue weighted by atomic mass is 10.2. The van der Waals surface area contributed by atoms with E-state index in [1.807, 2.05) is 6.92 Å². The molecule has 0 aromatic heterocycles.